The highest BCUT2D eigenvalue weighted by Crippen LogP contribution is 2.32. The molecule has 1 N–H and O–H groups in total. The normalized spacial score (nSPS) is 21.0. The van der Waals surface area contributed by atoms with Crippen molar-refractivity contribution in [3.8, 4) is 0 Å². The molecule has 4 rings (SSSR count). The van der Waals surface area contributed by atoms with E-state index in [0.29, 0.717) is 31.2 Å². The van der Waals surface area contributed by atoms with Gasteiger partial charge in [-0.15, -0.1) is 0 Å². The first-order chi connectivity index (χ1) is 11.6. The molecule has 2 aliphatic rings. The molecule has 1 aliphatic heterocycles. The summed E-state index contributed by atoms with van der Waals surface area (Å²) in [6.45, 7) is 2.41. The van der Waals surface area contributed by atoms with Gasteiger partial charge in [0.25, 0.3) is 0 Å². The van der Waals surface area contributed by atoms with Crippen LogP contribution in [0.2, 0.25) is 5.02 Å². The lowest BCUT2D eigenvalue weighted by atomic mass is 10.2. The minimum absolute atomic E-state index is 0.171. The van der Waals surface area contributed by atoms with Crippen molar-refractivity contribution in [2.24, 2.45) is 0 Å². The molecular weight excluding hydrogens is 348 g/mol. The number of sulfonamides is 1. The molecule has 2 aromatic rings. The maximum Gasteiger partial charge on any atom is 0.217 e. The molecule has 1 saturated heterocycles. The van der Waals surface area contributed by atoms with Crippen LogP contribution in [-0.2, 0) is 10.0 Å². The van der Waals surface area contributed by atoms with Crippen LogP contribution in [0.1, 0.15) is 25.7 Å². The highest BCUT2D eigenvalue weighted by Gasteiger charge is 2.35. The highest BCUT2D eigenvalue weighted by molar-refractivity contribution is 7.89. The smallest absolute Gasteiger partial charge is 0.217 e. The molecule has 0 amide bonds. The number of benzene rings is 1. The molecule has 6 nitrogen and oxygen atoms in total. The number of rotatable bonds is 3. The first kappa shape index (κ1) is 16.2. The van der Waals surface area contributed by atoms with Crippen molar-refractivity contribution in [3.63, 3.8) is 0 Å². The molecule has 1 aliphatic carbocycles. The van der Waals surface area contributed by atoms with Crippen LogP contribution < -0.4 is 4.90 Å². The fourth-order valence-electron chi connectivity index (χ4n) is 3.84. The molecule has 0 atom stereocenters. The number of aromatic nitrogens is 2. The maximum absolute atomic E-state index is 12.7. The zero-order valence-electron chi connectivity index (χ0n) is 13.4. The second kappa shape index (κ2) is 6.20. The molecule has 24 heavy (non-hydrogen) atoms. The van der Waals surface area contributed by atoms with E-state index >= 15 is 0 Å². The van der Waals surface area contributed by atoms with E-state index in [1.165, 1.54) is 0 Å². The SMILES string of the molecule is O=S(=O)(C1CCCC1)N1CCN(c2cc(Cl)cc3[nH]ncc23)CC1. The van der Waals surface area contributed by atoms with Gasteiger partial charge in [-0.25, -0.2) is 8.42 Å². The van der Waals surface area contributed by atoms with Gasteiger partial charge in [0.1, 0.15) is 0 Å². The predicted molar refractivity (Wildman–Crippen MR) is 96.1 cm³/mol. The monoisotopic (exact) mass is 368 g/mol. The summed E-state index contributed by atoms with van der Waals surface area (Å²) in [5.41, 5.74) is 1.92. The second-order valence-corrected chi connectivity index (χ2v) is 9.24. The second-order valence-electron chi connectivity index (χ2n) is 6.59. The van der Waals surface area contributed by atoms with Crippen molar-refractivity contribution in [1.82, 2.24) is 14.5 Å². The Morgan fingerprint density at radius 1 is 1.12 bits per heavy atom. The highest BCUT2D eigenvalue weighted by atomic mass is 35.5. The van der Waals surface area contributed by atoms with Crippen LogP contribution in [0.15, 0.2) is 18.3 Å². The van der Waals surface area contributed by atoms with Crippen LogP contribution in [0.25, 0.3) is 10.9 Å². The van der Waals surface area contributed by atoms with Gasteiger partial charge in [-0.2, -0.15) is 9.40 Å². The molecule has 2 fully saturated rings. The van der Waals surface area contributed by atoms with Gasteiger partial charge >= 0.3 is 0 Å². The number of hydrogen-bond acceptors (Lipinski definition) is 4. The van der Waals surface area contributed by atoms with Crippen molar-refractivity contribution in [1.29, 1.82) is 0 Å². The van der Waals surface area contributed by atoms with E-state index in [1.54, 1.807) is 10.5 Å². The summed E-state index contributed by atoms with van der Waals surface area (Å²) in [5.74, 6) is 0. The van der Waals surface area contributed by atoms with E-state index in [2.05, 4.69) is 15.1 Å². The van der Waals surface area contributed by atoms with Crippen molar-refractivity contribution >= 4 is 38.2 Å². The van der Waals surface area contributed by atoms with Crippen molar-refractivity contribution in [2.45, 2.75) is 30.9 Å². The lowest BCUT2D eigenvalue weighted by Gasteiger charge is -2.36. The number of anilines is 1. The molecule has 8 heteroatoms. The molecule has 0 radical (unpaired) electrons. The minimum Gasteiger partial charge on any atom is -0.368 e. The van der Waals surface area contributed by atoms with E-state index < -0.39 is 10.0 Å². The molecule has 0 bridgehead atoms. The predicted octanol–water partition coefficient (Wildman–Crippen LogP) is 2.61. The minimum atomic E-state index is -3.15. The largest absolute Gasteiger partial charge is 0.368 e. The van der Waals surface area contributed by atoms with Gasteiger partial charge in [-0.05, 0) is 25.0 Å². The Morgan fingerprint density at radius 3 is 2.54 bits per heavy atom. The van der Waals surface area contributed by atoms with Crippen molar-refractivity contribution in [3.05, 3.63) is 23.4 Å². The molecule has 0 spiro atoms. The van der Waals surface area contributed by atoms with Gasteiger partial charge in [0.15, 0.2) is 0 Å². The quantitative estimate of drug-likeness (QED) is 0.904. The Kier molecular flexibility index (Phi) is 4.18. The number of fused-ring (bicyclic) bond motifs is 1. The molecule has 2 heterocycles. The average Bonchev–Trinajstić information content (AvgIpc) is 3.25. The number of piperazine rings is 1. The first-order valence-corrected chi connectivity index (χ1v) is 10.3. The zero-order chi connectivity index (χ0) is 16.7. The zero-order valence-corrected chi connectivity index (χ0v) is 15.0. The van der Waals surface area contributed by atoms with E-state index in [1.807, 2.05) is 12.1 Å². The van der Waals surface area contributed by atoms with E-state index in [-0.39, 0.29) is 5.25 Å². The summed E-state index contributed by atoms with van der Waals surface area (Å²) < 4.78 is 27.1. The molecule has 1 saturated carbocycles. The summed E-state index contributed by atoms with van der Waals surface area (Å²) in [7, 11) is -3.15. The van der Waals surface area contributed by atoms with Gasteiger partial charge in [-0.3, -0.25) is 5.10 Å². The van der Waals surface area contributed by atoms with Crippen LogP contribution in [0.4, 0.5) is 5.69 Å². The van der Waals surface area contributed by atoms with Gasteiger partial charge in [-0.1, -0.05) is 24.4 Å². The summed E-state index contributed by atoms with van der Waals surface area (Å²) >= 11 is 6.21. The molecule has 0 unspecified atom stereocenters. The number of nitrogens with one attached hydrogen (secondary N) is 1. The molecule has 130 valence electrons. The number of hydrogen-bond donors (Lipinski definition) is 1. The molecule has 1 aromatic heterocycles. The Morgan fingerprint density at radius 2 is 1.83 bits per heavy atom. The number of nitrogens with zero attached hydrogens (tertiary/aromatic N) is 3. The summed E-state index contributed by atoms with van der Waals surface area (Å²) in [5, 5.41) is 8.54. The molecule has 1 aromatic carbocycles. The maximum atomic E-state index is 12.7. The van der Waals surface area contributed by atoms with Gasteiger partial charge < -0.3 is 4.90 Å². The Labute approximate surface area is 146 Å². The standard InChI is InChI=1S/C16H21ClN4O2S/c17-12-9-15-14(11-18-19-15)16(10-12)20-5-7-21(8-6-20)24(22,23)13-3-1-2-4-13/h9-11,13H,1-8H2,(H,18,19). The Hall–Kier alpha value is -1.31. The van der Waals surface area contributed by atoms with Crippen molar-refractivity contribution in [2.75, 3.05) is 31.1 Å². The van der Waals surface area contributed by atoms with E-state index in [0.717, 1.165) is 42.3 Å². The van der Waals surface area contributed by atoms with Crippen LogP contribution >= 0.6 is 11.6 Å². The Balaban J connectivity index is 1.52. The third-order valence-electron chi connectivity index (χ3n) is 5.16. The number of H-pyrrole nitrogens is 1. The third kappa shape index (κ3) is 2.78. The Bertz CT molecular complexity index is 837. The number of aromatic amines is 1. The van der Waals surface area contributed by atoms with Crippen LogP contribution in [0, 0.1) is 0 Å². The first-order valence-electron chi connectivity index (χ1n) is 8.42. The van der Waals surface area contributed by atoms with Gasteiger partial charge in [0.05, 0.1) is 17.0 Å². The lowest BCUT2D eigenvalue weighted by Crippen LogP contribution is -2.50. The van der Waals surface area contributed by atoms with Gasteiger partial charge in [0, 0.05) is 42.3 Å². The summed E-state index contributed by atoms with van der Waals surface area (Å²) in [6, 6.07) is 3.79. The summed E-state index contributed by atoms with van der Waals surface area (Å²) in [6.07, 6.45) is 5.48. The fourth-order valence-corrected chi connectivity index (χ4v) is 6.08. The van der Waals surface area contributed by atoms with E-state index in [9.17, 15) is 8.42 Å². The fraction of sp³-hybridized carbons (Fsp3) is 0.562. The van der Waals surface area contributed by atoms with Crippen molar-refractivity contribution < 1.29 is 8.42 Å². The van der Waals surface area contributed by atoms with Gasteiger partial charge in [0.2, 0.25) is 10.0 Å². The summed E-state index contributed by atoms with van der Waals surface area (Å²) in [4.78, 5) is 2.20. The van der Waals surface area contributed by atoms with Crippen LogP contribution in [0.5, 0.6) is 0 Å². The van der Waals surface area contributed by atoms with Crippen LogP contribution in [0.3, 0.4) is 0 Å². The average molecular weight is 369 g/mol. The third-order valence-corrected chi connectivity index (χ3v) is 7.78. The molecular formula is C16H21ClN4O2S. The van der Waals surface area contributed by atoms with Crippen LogP contribution in [-0.4, -0.2) is 54.3 Å². The number of halogens is 1. The van der Waals surface area contributed by atoms with E-state index in [4.69, 9.17) is 11.6 Å². The topological polar surface area (TPSA) is 69.3 Å². The lowest BCUT2D eigenvalue weighted by molar-refractivity contribution is 0.379.